The highest BCUT2D eigenvalue weighted by Gasteiger charge is 2.37. The summed E-state index contributed by atoms with van der Waals surface area (Å²) in [4.78, 5) is 11.6. The van der Waals surface area contributed by atoms with Crippen molar-refractivity contribution < 1.29 is 31.1 Å². The predicted molar refractivity (Wildman–Crippen MR) is 64.3 cm³/mol. The van der Waals surface area contributed by atoms with Crippen molar-refractivity contribution in [2.75, 3.05) is 5.32 Å². The van der Waals surface area contributed by atoms with Gasteiger partial charge in [0.2, 0.25) is 0 Å². The molecule has 2 rings (SSSR count). The smallest absolute Gasteiger partial charge is 0.321 e. The minimum Gasteiger partial charge on any atom is -0.321 e. The molecular formula is C11H5F6N3OS. The Balaban J connectivity index is 2.40. The van der Waals surface area contributed by atoms with E-state index in [2.05, 4.69) is 9.59 Å². The largest absolute Gasteiger partial charge is 0.416 e. The van der Waals surface area contributed by atoms with Gasteiger partial charge in [0.05, 0.1) is 11.1 Å². The van der Waals surface area contributed by atoms with Crippen LogP contribution in [-0.2, 0) is 12.4 Å². The van der Waals surface area contributed by atoms with Crippen LogP contribution in [0, 0.1) is 0 Å². The molecule has 1 heterocycles. The van der Waals surface area contributed by atoms with E-state index in [-0.39, 0.29) is 11.8 Å². The highest BCUT2D eigenvalue weighted by atomic mass is 32.1. The van der Waals surface area contributed by atoms with Crippen LogP contribution in [-0.4, -0.2) is 15.5 Å². The second-order valence-corrected chi connectivity index (χ2v) is 4.65. The van der Waals surface area contributed by atoms with Gasteiger partial charge in [0, 0.05) is 11.1 Å². The Hall–Kier alpha value is -2.17. The van der Waals surface area contributed by atoms with E-state index >= 15 is 0 Å². The molecule has 0 spiro atoms. The monoisotopic (exact) mass is 341 g/mol. The minimum atomic E-state index is -4.98. The standard InChI is InChI=1S/C11H5F6N3OS/c12-10(13,14)5-1-6(11(15,16)17)3-7(2-5)18-9(21)8-4-22-20-19-8/h1-4H,(H,18,21). The molecule has 1 N–H and O–H groups in total. The van der Waals surface area contributed by atoms with Crippen molar-refractivity contribution in [2.24, 2.45) is 0 Å². The zero-order chi connectivity index (χ0) is 16.5. The molecule has 1 aromatic heterocycles. The number of nitrogens with one attached hydrogen (secondary N) is 1. The van der Waals surface area contributed by atoms with Crippen molar-refractivity contribution in [1.82, 2.24) is 9.59 Å². The average Bonchev–Trinajstić information content (AvgIpc) is 2.90. The number of anilines is 1. The van der Waals surface area contributed by atoms with Crippen LogP contribution in [0.4, 0.5) is 32.0 Å². The fourth-order valence-electron chi connectivity index (χ4n) is 1.49. The summed E-state index contributed by atoms with van der Waals surface area (Å²) in [7, 11) is 0. The third-order valence-corrected chi connectivity index (χ3v) is 2.94. The molecule has 11 heteroatoms. The van der Waals surface area contributed by atoms with Crippen LogP contribution in [0.25, 0.3) is 0 Å². The van der Waals surface area contributed by atoms with E-state index in [1.54, 1.807) is 0 Å². The molecule has 1 aromatic carbocycles. The second kappa shape index (κ2) is 5.55. The third kappa shape index (κ3) is 3.72. The Bertz CT molecular complexity index is 648. The van der Waals surface area contributed by atoms with Gasteiger partial charge in [-0.05, 0) is 29.7 Å². The molecule has 118 valence electrons. The van der Waals surface area contributed by atoms with E-state index in [1.165, 1.54) is 5.38 Å². The minimum absolute atomic E-state index is 0.0277. The van der Waals surface area contributed by atoms with Crippen LogP contribution < -0.4 is 5.32 Å². The molecule has 0 fully saturated rings. The van der Waals surface area contributed by atoms with Crippen LogP contribution in [0.2, 0.25) is 0 Å². The molecule has 0 aliphatic rings. The van der Waals surface area contributed by atoms with Crippen LogP contribution in [0.3, 0.4) is 0 Å². The van der Waals surface area contributed by atoms with Gasteiger partial charge in [-0.3, -0.25) is 4.79 Å². The van der Waals surface area contributed by atoms with Gasteiger partial charge in [0.25, 0.3) is 5.91 Å². The summed E-state index contributed by atoms with van der Waals surface area (Å²) >= 11 is 0.811. The Kier molecular flexibility index (Phi) is 4.09. The maximum absolute atomic E-state index is 12.6. The lowest BCUT2D eigenvalue weighted by Gasteiger charge is -2.14. The molecule has 0 aliphatic heterocycles. The van der Waals surface area contributed by atoms with Gasteiger partial charge in [0.15, 0.2) is 5.69 Å². The third-order valence-electron chi connectivity index (χ3n) is 2.44. The van der Waals surface area contributed by atoms with Gasteiger partial charge < -0.3 is 5.32 Å². The fraction of sp³-hybridized carbons (Fsp3) is 0.182. The summed E-state index contributed by atoms with van der Waals surface area (Å²) in [6, 6.07) is 0.792. The number of hydrogen-bond donors (Lipinski definition) is 1. The summed E-state index contributed by atoms with van der Waals surface area (Å²) in [6.07, 6.45) is -9.97. The first kappa shape index (κ1) is 16.2. The van der Waals surface area contributed by atoms with Crippen molar-refractivity contribution in [2.45, 2.75) is 12.4 Å². The molecule has 4 nitrogen and oxygen atoms in total. The van der Waals surface area contributed by atoms with Gasteiger partial charge in [-0.15, -0.1) is 5.10 Å². The molecule has 0 radical (unpaired) electrons. The van der Waals surface area contributed by atoms with Crippen LogP contribution in [0.15, 0.2) is 23.6 Å². The van der Waals surface area contributed by atoms with Crippen molar-refractivity contribution in [1.29, 1.82) is 0 Å². The number of aromatic nitrogens is 2. The SMILES string of the molecule is O=C(Nc1cc(C(F)(F)F)cc(C(F)(F)F)c1)c1csnn1. The van der Waals surface area contributed by atoms with E-state index < -0.39 is 35.1 Å². The van der Waals surface area contributed by atoms with Gasteiger partial charge in [0.1, 0.15) is 0 Å². The topological polar surface area (TPSA) is 54.9 Å². The number of benzene rings is 1. The van der Waals surface area contributed by atoms with Crippen LogP contribution in [0.5, 0.6) is 0 Å². The normalized spacial score (nSPS) is 12.3. The maximum atomic E-state index is 12.6. The molecule has 0 saturated carbocycles. The predicted octanol–water partition coefficient (Wildman–Crippen LogP) is 3.83. The van der Waals surface area contributed by atoms with Crippen molar-refractivity contribution in [3.63, 3.8) is 0 Å². The van der Waals surface area contributed by atoms with Crippen molar-refractivity contribution in [3.05, 3.63) is 40.4 Å². The zero-order valence-electron chi connectivity index (χ0n) is 10.3. The van der Waals surface area contributed by atoms with Crippen molar-refractivity contribution >= 4 is 23.1 Å². The summed E-state index contributed by atoms with van der Waals surface area (Å²) < 4.78 is 79.2. The number of hydrogen-bond acceptors (Lipinski definition) is 4. The van der Waals surface area contributed by atoms with Crippen LogP contribution >= 0.6 is 11.5 Å². The number of halogens is 6. The van der Waals surface area contributed by atoms with Gasteiger partial charge in [-0.1, -0.05) is 4.49 Å². The summed E-state index contributed by atoms with van der Waals surface area (Å²) in [5.74, 6) is -0.957. The molecule has 0 atom stereocenters. The highest BCUT2D eigenvalue weighted by molar-refractivity contribution is 7.03. The summed E-state index contributed by atoms with van der Waals surface area (Å²) in [5, 5.41) is 6.50. The number of carbonyl (C=O) groups is 1. The highest BCUT2D eigenvalue weighted by Crippen LogP contribution is 2.37. The molecule has 2 aromatic rings. The summed E-state index contributed by atoms with van der Waals surface area (Å²) in [5.41, 5.74) is -3.89. The lowest BCUT2D eigenvalue weighted by molar-refractivity contribution is -0.143. The fourth-order valence-corrected chi connectivity index (χ4v) is 1.92. The van der Waals surface area contributed by atoms with Crippen molar-refractivity contribution in [3.8, 4) is 0 Å². The molecule has 0 saturated heterocycles. The molecule has 22 heavy (non-hydrogen) atoms. The quantitative estimate of drug-likeness (QED) is 0.845. The van der Waals surface area contributed by atoms with E-state index in [0.717, 1.165) is 11.5 Å². The van der Waals surface area contributed by atoms with E-state index in [9.17, 15) is 31.1 Å². The number of amides is 1. The lowest BCUT2D eigenvalue weighted by atomic mass is 10.1. The second-order valence-electron chi connectivity index (χ2n) is 4.04. The summed E-state index contributed by atoms with van der Waals surface area (Å²) in [6.45, 7) is 0. The first-order valence-corrected chi connectivity index (χ1v) is 6.29. The zero-order valence-corrected chi connectivity index (χ0v) is 11.1. The Morgan fingerprint density at radius 1 is 1.00 bits per heavy atom. The number of nitrogens with zero attached hydrogens (tertiary/aromatic N) is 2. The lowest BCUT2D eigenvalue weighted by Crippen LogP contribution is -2.16. The van der Waals surface area contributed by atoms with Gasteiger partial charge in [-0.25, -0.2) is 0 Å². The van der Waals surface area contributed by atoms with E-state index in [1.807, 2.05) is 5.32 Å². The molecule has 0 unspecified atom stereocenters. The molecule has 0 aliphatic carbocycles. The number of alkyl halides is 6. The molecule has 1 amide bonds. The Labute approximate surface area is 122 Å². The number of carbonyl (C=O) groups excluding carboxylic acids is 1. The Morgan fingerprint density at radius 3 is 1.95 bits per heavy atom. The van der Waals surface area contributed by atoms with Gasteiger partial charge in [-0.2, -0.15) is 26.3 Å². The van der Waals surface area contributed by atoms with E-state index in [4.69, 9.17) is 0 Å². The van der Waals surface area contributed by atoms with Crippen LogP contribution in [0.1, 0.15) is 21.6 Å². The van der Waals surface area contributed by atoms with E-state index in [0.29, 0.717) is 12.1 Å². The number of rotatable bonds is 2. The van der Waals surface area contributed by atoms with Gasteiger partial charge >= 0.3 is 12.4 Å². The molecular weight excluding hydrogens is 336 g/mol. The maximum Gasteiger partial charge on any atom is 0.416 e. The first-order chi connectivity index (χ1) is 10.1. The average molecular weight is 341 g/mol. The molecule has 0 bridgehead atoms. The first-order valence-electron chi connectivity index (χ1n) is 5.45. The Morgan fingerprint density at radius 2 is 1.55 bits per heavy atom.